The van der Waals surface area contributed by atoms with Gasteiger partial charge in [0.2, 0.25) is 0 Å². The van der Waals surface area contributed by atoms with Crippen LogP contribution in [0.4, 0.5) is 0 Å². The summed E-state index contributed by atoms with van der Waals surface area (Å²) >= 11 is 1.50. The summed E-state index contributed by atoms with van der Waals surface area (Å²) in [5.74, 6) is 0.797. The van der Waals surface area contributed by atoms with Crippen LogP contribution in [-0.2, 0) is 0 Å². The summed E-state index contributed by atoms with van der Waals surface area (Å²) in [4.78, 5) is 13.0. The van der Waals surface area contributed by atoms with E-state index in [1.807, 2.05) is 30.3 Å². The number of aliphatic hydroxyl groups is 1. The molecule has 6 heteroatoms. The fraction of sp³-hybridized carbons (Fsp3) is 0.200. The summed E-state index contributed by atoms with van der Waals surface area (Å²) in [7, 11) is 1.64. The monoisotopic (exact) mass is 301 g/mol. The van der Waals surface area contributed by atoms with Gasteiger partial charge in [0.15, 0.2) is 5.16 Å². The minimum Gasteiger partial charge on any atom is -0.497 e. The molecule has 0 aliphatic heterocycles. The fourth-order valence-electron chi connectivity index (χ4n) is 1.95. The summed E-state index contributed by atoms with van der Waals surface area (Å²) in [6.07, 6.45) is 1.18. The lowest BCUT2D eigenvalue weighted by molar-refractivity contribution is 0.194. The minimum atomic E-state index is -0.553. The molecular weight excluding hydrogens is 286 g/mol. The van der Waals surface area contributed by atoms with E-state index >= 15 is 0 Å². The second-order valence-electron chi connectivity index (χ2n) is 4.62. The van der Waals surface area contributed by atoms with E-state index in [9.17, 15) is 5.11 Å². The molecule has 0 amide bonds. The van der Waals surface area contributed by atoms with E-state index < -0.39 is 6.10 Å². The van der Waals surface area contributed by atoms with Crippen LogP contribution in [0.3, 0.4) is 0 Å². The maximum atomic E-state index is 9.45. The van der Waals surface area contributed by atoms with Crippen molar-refractivity contribution in [1.82, 2.24) is 15.0 Å². The van der Waals surface area contributed by atoms with Gasteiger partial charge in [0.05, 0.1) is 29.9 Å². The zero-order valence-electron chi connectivity index (χ0n) is 11.7. The Morgan fingerprint density at radius 1 is 1.29 bits per heavy atom. The molecule has 3 rings (SSSR count). The van der Waals surface area contributed by atoms with Crippen LogP contribution in [0.1, 0.15) is 18.7 Å². The Morgan fingerprint density at radius 2 is 2.14 bits per heavy atom. The number of pyridine rings is 1. The average Bonchev–Trinajstić information content (AvgIpc) is 2.88. The molecule has 0 spiro atoms. The molecule has 1 atom stereocenters. The molecule has 0 radical (unpaired) electrons. The minimum absolute atomic E-state index is 0.553. The number of ether oxygens (including phenoxy) is 1. The topological polar surface area (TPSA) is 71.0 Å². The maximum absolute atomic E-state index is 9.45. The molecule has 21 heavy (non-hydrogen) atoms. The number of aliphatic hydroxyl groups excluding tert-OH is 1. The van der Waals surface area contributed by atoms with Gasteiger partial charge in [-0.3, -0.25) is 4.98 Å². The second-order valence-corrected chi connectivity index (χ2v) is 5.68. The van der Waals surface area contributed by atoms with Crippen molar-refractivity contribution < 1.29 is 9.84 Å². The van der Waals surface area contributed by atoms with Gasteiger partial charge in [0, 0.05) is 17.2 Å². The molecule has 0 aliphatic carbocycles. The standard InChI is InChI=1S/C15H15N3O2S/c1-9(19)12-6-4-11(8-16-12)21-15-17-13-5-3-10(20-2)7-14(13)18-15/h3-9,19H,1-2H3,(H,17,18)/t9-/m1/s1. The van der Waals surface area contributed by atoms with Gasteiger partial charge in [-0.25, -0.2) is 4.98 Å². The molecule has 1 aromatic carbocycles. The highest BCUT2D eigenvalue weighted by atomic mass is 32.2. The first-order valence-electron chi connectivity index (χ1n) is 6.51. The number of imidazole rings is 1. The Balaban J connectivity index is 1.84. The largest absolute Gasteiger partial charge is 0.497 e. The Hall–Kier alpha value is -2.05. The summed E-state index contributed by atoms with van der Waals surface area (Å²) < 4.78 is 5.20. The van der Waals surface area contributed by atoms with Crippen molar-refractivity contribution in [3.05, 3.63) is 42.2 Å². The van der Waals surface area contributed by atoms with Gasteiger partial charge in [0.25, 0.3) is 0 Å². The Labute approximate surface area is 126 Å². The molecule has 0 saturated heterocycles. The number of aromatic nitrogens is 3. The van der Waals surface area contributed by atoms with Gasteiger partial charge in [-0.1, -0.05) is 11.8 Å². The third-order valence-electron chi connectivity index (χ3n) is 3.07. The Morgan fingerprint density at radius 3 is 2.81 bits per heavy atom. The fourth-order valence-corrected chi connectivity index (χ4v) is 2.72. The van der Waals surface area contributed by atoms with Crippen molar-refractivity contribution in [3.8, 4) is 5.75 Å². The number of hydrogen-bond donors (Lipinski definition) is 2. The van der Waals surface area contributed by atoms with E-state index in [1.54, 1.807) is 20.2 Å². The lowest BCUT2D eigenvalue weighted by atomic mass is 10.2. The van der Waals surface area contributed by atoms with Gasteiger partial charge in [-0.15, -0.1) is 0 Å². The first kappa shape index (κ1) is 13.9. The van der Waals surface area contributed by atoms with E-state index in [0.717, 1.165) is 26.8 Å². The summed E-state index contributed by atoms with van der Waals surface area (Å²) in [5.41, 5.74) is 2.49. The van der Waals surface area contributed by atoms with Crippen LogP contribution in [0.5, 0.6) is 5.75 Å². The smallest absolute Gasteiger partial charge is 0.171 e. The van der Waals surface area contributed by atoms with Gasteiger partial charge in [0.1, 0.15) is 5.75 Å². The summed E-state index contributed by atoms with van der Waals surface area (Å²) in [5, 5.41) is 10.2. The lowest BCUT2D eigenvalue weighted by Crippen LogP contribution is -1.94. The number of hydrogen-bond acceptors (Lipinski definition) is 5. The van der Waals surface area contributed by atoms with Gasteiger partial charge < -0.3 is 14.8 Å². The average molecular weight is 301 g/mol. The predicted octanol–water partition coefficient (Wildman–Crippen LogP) is 3.17. The summed E-state index contributed by atoms with van der Waals surface area (Å²) in [6, 6.07) is 9.47. The maximum Gasteiger partial charge on any atom is 0.171 e. The van der Waals surface area contributed by atoms with Crippen molar-refractivity contribution >= 4 is 22.8 Å². The normalized spacial score (nSPS) is 12.5. The number of H-pyrrole nitrogens is 1. The number of nitrogens with zero attached hydrogens (tertiary/aromatic N) is 2. The van der Waals surface area contributed by atoms with E-state index in [-0.39, 0.29) is 0 Å². The number of methoxy groups -OCH3 is 1. The Kier molecular flexibility index (Phi) is 3.81. The molecular formula is C15H15N3O2S. The van der Waals surface area contributed by atoms with Crippen LogP contribution < -0.4 is 4.74 Å². The van der Waals surface area contributed by atoms with Crippen LogP contribution >= 0.6 is 11.8 Å². The highest BCUT2D eigenvalue weighted by Crippen LogP contribution is 2.28. The Bertz CT molecular complexity index is 753. The zero-order chi connectivity index (χ0) is 14.8. The third kappa shape index (κ3) is 3.01. The van der Waals surface area contributed by atoms with Crippen LogP contribution in [-0.4, -0.2) is 27.2 Å². The first-order valence-corrected chi connectivity index (χ1v) is 7.33. The molecule has 0 bridgehead atoms. The van der Waals surface area contributed by atoms with Crippen LogP contribution in [0.2, 0.25) is 0 Å². The summed E-state index contributed by atoms with van der Waals surface area (Å²) in [6.45, 7) is 1.70. The van der Waals surface area contributed by atoms with Crippen LogP contribution in [0, 0.1) is 0 Å². The van der Waals surface area contributed by atoms with Gasteiger partial charge >= 0.3 is 0 Å². The van der Waals surface area contributed by atoms with Crippen LogP contribution in [0.25, 0.3) is 11.0 Å². The van der Waals surface area contributed by atoms with Crippen molar-refractivity contribution in [2.45, 2.75) is 23.1 Å². The molecule has 2 heterocycles. The van der Waals surface area contributed by atoms with E-state index in [2.05, 4.69) is 15.0 Å². The van der Waals surface area contributed by atoms with Crippen molar-refractivity contribution in [3.63, 3.8) is 0 Å². The van der Waals surface area contributed by atoms with Crippen molar-refractivity contribution in [2.24, 2.45) is 0 Å². The van der Waals surface area contributed by atoms with E-state index in [4.69, 9.17) is 4.74 Å². The van der Waals surface area contributed by atoms with E-state index in [0.29, 0.717) is 5.69 Å². The van der Waals surface area contributed by atoms with Crippen molar-refractivity contribution in [2.75, 3.05) is 7.11 Å². The van der Waals surface area contributed by atoms with Gasteiger partial charge in [-0.2, -0.15) is 0 Å². The third-order valence-corrected chi connectivity index (χ3v) is 3.93. The highest BCUT2D eigenvalue weighted by molar-refractivity contribution is 7.99. The van der Waals surface area contributed by atoms with Gasteiger partial charge in [-0.05, 0) is 31.2 Å². The highest BCUT2D eigenvalue weighted by Gasteiger charge is 2.07. The van der Waals surface area contributed by atoms with E-state index in [1.165, 1.54) is 11.8 Å². The molecule has 108 valence electrons. The number of rotatable bonds is 4. The number of fused-ring (bicyclic) bond motifs is 1. The lowest BCUT2D eigenvalue weighted by Gasteiger charge is -2.03. The quantitative estimate of drug-likeness (QED) is 0.774. The van der Waals surface area contributed by atoms with Crippen LogP contribution in [0.15, 0.2) is 46.6 Å². The molecule has 2 N–H and O–H groups in total. The molecule has 0 unspecified atom stereocenters. The first-order chi connectivity index (χ1) is 10.2. The molecule has 0 fully saturated rings. The molecule has 2 aromatic heterocycles. The predicted molar refractivity (Wildman–Crippen MR) is 81.6 cm³/mol. The molecule has 0 aliphatic rings. The molecule has 0 saturated carbocycles. The molecule has 5 nitrogen and oxygen atoms in total. The second kappa shape index (κ2) is 5.75. The molecule has 3 aromatic rings. The number of aromatic amines is 1. The number of nitrogens with one attached hydrogen (secondary N) is 1. The van der Waals surface area contributed by atoms with Crippen molar-refractivity contribution in [1.29, 1.82) is 0 Å². The number of benzene rings is 1. The SMILES string of the molecule is COc1ccc2nc(Sc3ccc([C@@H](C)O)nc3)[nH]c2c1. The zero-order valence-corrected chi connectivity index (χ0v) is 12.5.